The molecule has 0 spiro atoms. The first-order chi connectivity index (χ1) is 11.9. The maximum absolute atomic E-state index is 12.7. The van der Waals surface area contributed by atoms with E-state index in [4.69, 9.17) is 26.8 Å². The molecule has 6 nitrogen and oxygen atoms in total. The Labute approximate surface area is 151 Å². The Balaban J connectivity index is 1.67. The molecule has 0 unspecified atom stereocenters. The van der Waals surface area contributed by atoms with Crippen molar-refractivity contribution in [3.63, 3.8) is 0 Å². The molecule has 2 heterocycles. The summed E-state index contributed by atoms with van der Waals surface area (Å²) in [6.07, 6.45) is 0.639. The van der Waals surface area contributed by atoms with Gasteiger partial charge < -0.3 is 15.2 Å². The van der Waals surface area contributed by atoms with Crippen molar-refractivity contribution in [2.75, 3.05) is 23.8 Å². The average Bonchev–Trinajstić information content (AvgIpc) is 2.57. The van der Waals surface area contributed by atoms with Crippen LogP contribution in [0, 0.1) is 0 Å². The van der Waals surface area contributed by atoms with Crippen LogP contribution in [0.3, 0.4) is 0 Å². The molecule has 0 aliphatic carbocycles. The van der Waals surface area contributed by atoms with Crippen molar-refractivity contribution in [3.05, 3.63) is 41.4 Å². The molecule has 132 valence electrons. The van der Waals surface area contributed by atoms with Crippen LogP contribution in [0.5, 0.6) is 11.5 Å². The zero-order valence-corrected chi connectivity index (χ0v) is 14.9. The van der Waals surface area contributed by atoms with Crippen LogP contribution in [0.2, 0.25) is 5.02 Å². The average molecular weight is 362 g/mol. The molecule has 7 heteroatoms. The molecule has 0 radical (unpaired) electrons. The van der Waals surface area contributed by atoms with Gasteiger partial charge in [-0.15, -0.1) is 0 Å². The number of hydrogen-bond donors (Lipinski definition) is 1. The molecular weight excluding hydrogens is 342 g/mol. The van der Waals surface area contributed by atoms with Crippen molar-refractivity contribution in [1.82, 2.24) is 4.98 Å². The SMILES string of the molecule is CC1(C)Oc2ccc(N)nc2N(CCCOc2ccc(Cl)cc2)C1=O. The quantitative estimate of drug-likeness (QED) is 0.827. The normalized spacial score (nSPS) is 15.5. The Bertz CT molecular complexity index is 778. The fourth-order valence-corrected chi connectivity index (χ4v) is 2.74. The lowest BCUT2D eigenvalue weighted by Crippen LogP contribution is -2.53. The van der Waals surface area contributed by atoms with E-state index in [2.05, 4.69) is 4.98 Å². The summed E-state index contributed by atoms with van der Waals surface area (Å²) in [5.74, 6) is 1.94. The standard InChI is InChI=1S/C18H20ClN3O3/c1-18(2)17(23)22(16-14(25-18)8-9-15(20)21-16)10-3-11-24-13-6-4-12(19)5-7-13/h4-9H,3,10-11H2,1-2H3,(H2,20,21). The van der Waals surface area contributed by atoms with Crippen LogP contribution >= 0.6 is 11.6 Å². The topological polar surface area (TPSA) is 77.7 Å². The Kier molecular flexibility index (Phi) is 4.72. The summed E-state index contributed by atoms with van der Waals surface area (Å²) in [7, 11) is 0. The minimum Gasteiger partial charge on any atom is -0.494 e. The van der Waals surface area contributed by atoms with Crippen molar-refractivity contribution >= 4 is 29.1 Å². The lowest BCUT2D eigenvalue weighted by molar-refractivity contribution is -0.132. The number of nitrogens with two attached hydrogens (primary N) is 1. The number of carbonyl (C=O) groups is 1. The third kappa shape index (κ3) is 3.79. The molecule has 0 saturated carbocycles. The van der Waals surface area contributed by atoms with Gasteiger partial charge in [0.25, 0.3) is 5.91 Å². The summed E-state index contributed by atoms with van der Waals surface area (Å²) in [6.45, 7) is 4.41. The van der Waals surface area contributed by atoms with Crippen LogP contribution in [0.15, 0.2) is 36.4 Å². The number of carbonyl (C=O) groups excluding carboxylic acids is 1. The lowest BCUT2D eigenvalue weighted by atomic mass is 10.1. The molecule has 0 fully saturated rings. The zero-order valence-electron chi connectivity index (χ0n) is 14.2. The van der Waals surface area contributed by atoms with Gasteiger partial charge in [-0.3, -0.25) is 9.69 Å². The van der Waals surface area contributed by atoms with E-state index in [0.717, 1.165) is 5.75 Å². The van der Waals surface area contributed by atoms with Crippen LogP contribution in [0.1, 0.15) is 20.3 Å². The van der Waals surface area contributed by atoms with Crippen molar-refractivity contribution in [3.8, 4) is 11.5 Å². The van der Waals surface area contributed by atoms with Crippen molar-refractivity contribution < 1.29 is 14.3 Å². The highest BCUT2D eigenvalue weighted by Crippen LogP contribution is 2.36. The number of fused-ring (bicyclic) bond motifs is 1. The van der Waals surface area contributed by atoms with E-state index in [1.54, 1.807) is 43.0 Å². The third-order valence-electron chi connectivity index (χ3n) is 3.85. The maximum Gasteiger partial charge on any atom is 0.271 e. The molecule has 0 atom stereocenters. The van der Waals surface area contributed by atoms with Crippen molar-refractivity contribution in [2.24, 2.45) is 0 Å². The molecule has 1 aliphatic rings. The number of nitrogen functional groups attached to an aromatic ring is 1. The Morgan fingerprint density at radius 2 is 1.96 bits per heavy atom. The van der Waals surface area contributed by atoms with E-state index in [1.807, 2.05) is 12.1 Å². The molecule has 2 aromatic rings. The first-order valence-electron chi connectivity index (χ1n) is 8.03. The van der Waals surface area contributed by atoms with Gasteiger partial charge in [0, 0.05) is 11.6 Å². The van der Waals surface area contributed by atoms with E-state index in [9.17, 15) is 4.79 Å². The maximum atomic E-state index is 12.7. The highest BCUT2D eigenvalue weighted by Gasteiger charge is 2.41. The highest BCUT2D eigenvalue weighted by molar-refractivity contribution is 6.30. The minimum absolute atomic E-state index is 0.149. The summed E-state index contributed by atoms with van der Waals surface area (Å²) in [5, 5.41) is 0.661. The number of pyridine rings is 1. The molecule has 1 aliphatic heterocycles. The first-order valence-corrected chi connectivity index (χ1v) is 8.40. The molecule has 1 aromatic carbocycles. The van der Waals surface area contributed by atoms with E-state index in [1.165, 1.54) is 0 Å². The van der Waals surface area contributed by atoms with Crippen LogP contribution in [-0.2, 0) is 4.79 Å². The lowest BCUT2D eigenvalue weighted by Gasteiger charge is -2.37. The molecular formula is C18H20ClN3O3. The highest BCUT2D eigenvalue weighted by atomic mass is 35.5. The number of amides is 1. The van der Waals surface area contributed by atoms with Gasteiger partial charge in [-0.2, -0.15) is 0 Å². The first kappa shape index (κ1) is 17.4. The summed E-state index contributed by atoms with van der Waals surface area (Å²) < 4.78 is 11.4. The number of ether oxygens (including phenoxy) is 2. The molecule has 3 rings (SSSR count). The van der Waals surface area contributed by atoms with E-state index in [0.29, 0.717) is 42.0 Å². The predicted octanol–water partition coefficient (Wildman–Crippen LogP) is 3.29. The second-order valence-corrected chi connectivity index (χ2v) is 6.72. The summed E-state index contributed by atoms with van der Waals surface area (Å²) in [5.41, 5.74) is 4.82. The fraction of sp³-hybridized carbons (Fsp3) is 0.333. The van der Waals surface area contributed by atoms with Crippen LogP contribution in [-0.4, -0.2) is 29.6 Å². The van der Waals surface area contributed by atoms with Gasteiger partial charge in [0.05, 0.1) is 6.61 Å². The summed E-state index contributed by atoms with van der Waals surface area (Å²) in [4.78, 5) is 18.6. The number of rotatable bonds is 5. The van der Waals surface area contributed by atoms with Gasteiger partial charge in [-0.1, -0.05) is 11.6 Å². The van der Waals surface area contributed by atoms with Crippen molar-refractivity contribution in [2.45, 2.75) is 25.9 Å². The zero-order chi connectivity index (χ0) is 18.0. The summed E-state index contributed by atoms with van der Waals surface area (Å²) >= 11 is 5.85. The Morgan fingerprint density at radius 3 is 2.68 bits per heavy atom. The van der Waals surface area contributed by atoms with Gasteiger partial charge in [0.15, 0.2) is 17.2 Å². The van der Waals surface area contributed by atoms with E-state index in [-0.39, 0.29) is 5.91 Å². The Hall–Kier alpha value is -2.47. The summed E-state index contributed by atoms with van der Waals surface area (Å²) in [6, 6.07) is 10.6. The molecule has 0 saturated heterocycles. The molecule has 0 bridgehead atoms. The number of aromatic nitrogens is 1. The van der Waals surface area contributed by atoms with Crippen LogP contribution in [0.4, 0.5) is 11.6 Å². The third-order valence-corrected chi connectivity index (χ3v) is 4.10. The minimum atomic E-state index is -0.943. The van der Waals surface area contributed by atoms with E-state index >= 15 is 0 Å². The van der Waals surface area contributed by atoms with Gasteiger partial charge >= 0.3 is 0 Å². The fourth-order valence-electron chi connectivity index (χ4n) is 2.61. The monoisotopic (exact) mass is 361 g/mol. The number of hydrogen-bond acceptors (Lipinski definition) is 5. The van der Waals surface area contributed by atoms with E-state index < -0.39 is 5.60 Å². The molecule has 1 amide bonds. The largest absolute Gasteiger partial charge is 0.494 e. The molecule has 2 N–H and O–H groups in total. The molecule has 1 aromatic heterocycles. The van der Waals surface area contributed by atoms with Gasteiger partial charge in [0.2, 0.25) is 0 Å². The number of benzene rings is 1. The number of halogens is 1. The van der Waals surface area contributed by atoms with Gasteiger partial charge in [-0.25, -0.2) is 4.98 Å². The second kappa shape index (κ2) is 6.80. The molecule has 25 heavy (non-hydrogen) atoms. The number of nitrogens with zero attached hydrogens (tertiary/aromatic N) is 2. The predicted molar refractivity (Wildman–Crippen MR) is 97.3 cm³/mol. The van der Waals surface area contributed by atoms with Gasteiger partial charge in [-0.05, 0) is 56.7 Å². The second-order valence-electron chi connectivity index (χ2n) is 6.28. The van der Waals surface area contributed by atoms with Crippen molar-refractivity contribution in [1.29, 1.82) is 0 Å². The van der Waals surface area contributed by atoms with Gasteiger partial charge in [0.1, 0.15) is 11.6 Å². The smallest absolute Gasteiger partial charge is 0.271 e. The van der Waals surface area contributed by atoms with Crippen LogP contribution < -0.4 is 20.1 Å². The van der Waals surface area contributed by atoms with Crippen LogP contribution in [0.25, 0.3) is 0 Å². The Morgan fingerprint density at radius 1 is 1.24 bits per heavy atom. The number of anilines is 2.